The van der Waals surface area contributed by atoms with Crippen LogP contribution < -0.4 is 5.73 Å². The molecule has 3 rings (SSSR count). The van der Waals surface area contributed by atoms with Crippen molar-refractivity contribution >= 4 is 5.97 Å². The maximum absolute atomic E-state index is 10.4. The first-order valence-electron chi connectivity index (χ1n) is 7.08. The minimum atomic E-state index is -1.02. The van der Waals surface area contributed by atoms with Crippen LogP contribution in [0.2, 0.25) is 0 Å². The number of hydrogen-bond acceptors (Lipinski definition) is 4. The number of phenols is 1. The fourth-order valence-electron chi connectivity index (χ4n) is 2.72. The Morgan fingerprint density at radius 1 is 1.24 bits per heavy atom. The molecule has 114 valence electrons. The van der Waals surface area contributed by atoms with E-state index < -0.39 is 12.0 Å². The average molecular weight is 291 g/mol. The summed E-state index contributed by atoms with van der Waals surface area (Å²) in [6.07, 6.45) is 6.87. The summed E-state index contributed by atoms with van der Waals surface area (Å²) in [5, 5.41) is 26.6. The van der Waals surface area contributed by atoms with E-state index in [1.165, 1.54) is 18.6 Å². The summed E-state index contributed by atoms with van der Waals surface area (Å²) < 4.78 is 0. The molecule has 2 bridgehead atoms. The number of aromatic hydroxyl groups is 1. The second-order valence-corrected chi connectivity index (χ2v) is 5.66. The van der Waals surface area contributed by atoms with E-state index in [1.54, 1.807) is 12.1 Å². The number of nitrogens with two attached hydrogens (primary N) is 1. The lowest BCUT2D eigenvalue weighted by molar-refractivity contribution is -0.138. The predicted molar refractivity (Wildman–Crippen MR) is 78.8 cm³/mol. The average Bonchev–Trinajstić information content (AvgIpc) is 3.03. The molecule has 1 aromatic rings. The zero-order valence-corrected chi connectivity index (χ0v) is 11.7. The van der Waals surface area contributed by atoms with Gasteiger partial charge in [-0.2, -0.15) is 0 Å². The minimum Gasteiger partial charge on any atom is -0.508 e. The Kier molecular flexibility index (Phi) is 4.98. The Hall–Kier alpha value is -1.85. The molecule has 0 amide bonds. The fraction of sp³-hybridized carbons (Fsp3) is 0.438. The van der Waals surface area contributed by atoms with Crippen molar-refractivity contribution in [2.24, 2.45) is 17.6 Å². The van der Waals surface area contributed by atoms with Gasteiger partial charge in [0.1, 0.15) is 11.8 Å². The van der Waals surface area contributed by atoms with Gasteiger partial charge in [-0.1, -0.05) is 24.3 Å². The van der Waals surface area contributed by atoms with Gasteiger partial charge in [0, 0.05) is 5.92 Å². The Balaban J connectivity index is 0.000000170. The lowest BCUT2D eigenvalue weighted by Crippen LogP contribution is -2.32. The van der Waals surface area contributed by atoms with E-state index in [9.17, 15) is 4.79 Å². The lowest BCUT2D eigenvalue weighted by Gasteiger charge is -2.08. The van der Waals surface area contributed by atoms with Crippen LogP contribution in [-0.4, -0.2) is 33.4 Å². The molecule has 4 atom stereocenters. The van der Waals surface area contributed by atoms with Crippen molar-refractivity contribution in [3.8, 4) is 5.75 Å². The second kappa shape index (κ2) is 6.74. The number of phenolic OH excluding ortho intramolecular Hbond substituents is 1. The number of benzene rings is 1. The highest BCUT2D eigenvalue weighted by Crippen LogP contribution is 2.38. The normalized spacial score (nSPS) is 27.0. The van der Waals surface area contributed by atoms with Crippen LogP contribution in [0.3, 0.4) is 0 Å². The third-order valence-electron chi connectivity index (χ3n) is 3.95. The number of fused-ring (bicyclic) bond motifs is 2. The molecular weight excluding hydrogens is 270 g/mol. The highest BCUT2D eigenvalue weighted by molar-refractivity contribution is 5.73. The van der Waals surface area contributed by atoms with Crippen LogP contribution >= 0.6 is 0 Å². The van der Waals surface area contributed by atoms with Crippen molar-refractivity contribution in [3.05, 3.63) is 42.0 Å². The van der Waals surface area contributed by atoms with Gasteiger partial charge in [0.15, 0.2) is 0 Å². The van der Waals surface area contributed by atoms with E-state index >= 15 is 0 Å². The monoisotopic (exact) mass is 291 g/mol. The van der Waals surface area contributed by atoms with Crippen molar-refractivity contribution < 1.29 is 20.1 Å². The predicted octanol–water partition coefficient (Wildman–Crippen LogP) is 1.29. The summed E-state index contributed by atoms with van der Waals surface area (Å²) in [4.78, 5) is 10.4. The fourth-order valence-corrected chi connectivity index (χ4v) is 2.72. The maximum atomic E-state index is 10.4. The van der Waals surface area contributed by atoms with Crippen molar-refractivity contribution in [1.29, 1.82) is 0 Å². The zero-order valence-electron chi connectivity index (χ0n) is 11.7. The molecule has 0 aromatic heterocycles. The Morgan fingerprint density at radius 2 is 1.90 bits per heavy atom. The molecular formula is C16H21NO4. The van der Waals surface area contributed by atoms with Gasteiger partial charge in [-0.3, -0.25) is 4.79 Å². The highest BCUT2D eigenvalue weighted by atomic mass is 16.4. The molecule has 0 radical (unpaired) electrons. The van der Waals surface area contributed by atoms with E-state index in [0.29, 0.717) is 5.92 Å². The molecule has 0 saturated heterocycles. The van der Waals surface area contributed by atoms with Crippen LogP contribution in [0.4, 0.5) is 0 Å². The number of rotatable bonds is 3. The summed E-state index contributed by atoms with van der Waals surface area (Å²) in [6, 6.07) is 5.42. The summed E-state index contributed by atoms with van der Waals surface area (Å²) in [5.74, 6) is 0.371. The van der Waals surface area contributed by atoms with Gasteiger partial charge >= 0.3 is 5.97 Å². The molecule has 1 aromatic carbocycles. The summed E-state index contributed by atoms with van der Waals surface area (Å²) in [7, 11) is 0. The van der Waals surface area contributed by atoms with Gasteiger partial charge in [0.25, 0.3) is 0 Å². The van der Waals surface area contributed by atoms with Crippen LogP contribution in [0.25, 0.3) is 0 Å². The smallest absolute Gasteiger partial charge is 0.320 e. The molecule has 5 nitrogen and oxygen atoms in total. The summed E-state index contributed by atoms with van der Waals surface area (Å²) in [5.41, 5.74) is 6.12. The van der Waals surface area contributed by atoms with Gasteiger partial charge in [-0.25, -0.2) is 0 Å². The Labute approximate surface area is 123 Å². The topological polar surface area (TPSA) is 104 Å². The molecule has 5 N–H and O–H groups in total. The number of hydrogen-bond donors (Lipinski definition) is 4. The van der Waals surface area contributed by atoms with Crippen LogP contribution in [0.15, 0.2) is 36.4 Å². The Morgan fingerprint density at radius 3 is 2.29 bits per heavy atom. The van der Waals surface area contributed by atoms with E-state index in [2.05, 4.69) is 12.2 Å². The molecule has 0 aliphatic heterocycles. The third-order valence-corrected chi connectivity index (χ3v) is 3.95. The quantitative estimate of drug-likeness (QED) is 0.628. The number of aliphatic hydroxyl groups is 1. The number of carbonyl (C=O) groups is 1. The summed E-state index contributed by atoms with van der Waals surface area (Å²) in [6.45, 7) is 0. The van der Waals surface area contributed by atoms with Crippen molar-refractivity contribution in [3.63, 3.8) is 0 Å². The van der Waals surface area contributed by atoms with E-state index in [1.807, 2.05) is 0 Å². The van der Waals surface area contributed by atoms with Crippen LogP contribution in [0.1, 0.15) is 18.4 Å². The first kappa shape index (κ1) is 15.5. The molecule has 2 aliphatic rings. The number of carboxylic acid groups (broad SMARTS) is 1. The molecule has 4 unspecified atom stereocenters. The first-order chi connectivity index (χ1) is 9.95. The lowest BCUT2D eigenvalue weighted by atomic mass is 10.1. The maximum Gasteiger partial charge on any atom is 0.320 e. The third kappa shape index (κ3) is 4.31. The van der Waals surface area contributed by atoms with Crippen molar-refractivity contribution in [1.82, 2.24) is 0 Å². The molecule has 2 aliphatic carbocycles. The van der Waals surface area contributed by atoms with Gasteiger partial charge in [0.05, 0.1) is 6.10 Å². The SMILES string of the molecule is NC(Cc1ccc(O)cc1)C(=O)O.OC1CC2C=CC1C2. The van der Waals surface area contributed by atoms with Crippen molar-refractivity contribution in [2.75, 3.05) is 0 Å². The van der Waals surface area contributed by atoms with E-state index in [0.717, 1.165) is 17.9 Å². The number of aliphatic hydroxyl groups excluding tert-OH is 1. The van der Waals surface area contributed by atoms with Gasteiger partial charge in [-0.05, 0) is 42.9 Å². The van der Waals surface area contributed by atoms with Gasteiger partial charge < -0.3 is 21.1 Å². The van der Waals surface area contributed by atoms with Crippen molar-refractivity contribution in [2.45, 2.75) is 31.4 Å². The van der Waals surface area contributed by atoms with E-state index in [-0.39, 0.29) is 18.3 Å². The molecule has 0 heterocycles. The Bertz CT molecular complexity index is 512. The molecule has 5 heteroatoms. The van der Waals surface area contributed by atoms with Crippen LogP contribution in [-0.2, 0) is 11.2 Å². The highest BCUT2D eigenvalue weighted by Gasteiger charge is 2.33. The number of aliphatic carboxylic acids is 1. The minimum absolute atomic E-state index is 0.00926. The first-order valence-corrected chi connectivity index (χ1v) is 7.08. The molecule has 0 spiro atoms. The number of allylic oxidation sites excluding steroid dienone is 1. The second-order valence-electron chi connectivity index (χ2n) is 5.66. The molecule has 1 saturated carbocycles. The number of carboxylic acids is 1. The van der Waals surface area contributed by atoms with Gasteiger partial charge in [-0.15, -0.1) is 0 Å². The van der Waals surface area contributed by atoms with Crippen LogP contribution in [0.5, 0.6) is 5.75 Å². The van der Waals surface area contributed by atoms with E-state index in [4.69, 9.17) is 21.1 Å². The van der Waals surface area contributed by atoms with Gasteiger partial charge in [0.2, 0.25) is 0 Å². The standard InChI is InChI=1S/C9H11NO3.C7H10O/c10-8(9(12)13)5-6-1-3-7(11)4-2-6;8-7-4-5-1-2-6(7)3-5/h1-4,8,11H,5,10H2,(H,12,13);1-2,5-8H,3-4H2. The molecule has 21 heavy (non-hydrogen) atoms. The molecule has 1 fully saturated rings. The van der Waals surface area contributed by atoms with Crippen LogP contribution in [0, 0.1) is 11.8 Å². The summed E-state index contributed by atoms with van der Waals surface area (Å²) >= 11 is 0. The largest absolute Gasteiger partial charge is 0.508 e. The zero-order chi connectivity index (χ0) is 15.4.